The maximum Gasteiger partial charge on any atom is 0.317 e. The monoisotopic (exact) mass is 256 g/mol. The molecule has 0 saturated heterocycles. The number of likely N-dealkylation sites (N-methyl/N-ethyl adjacent to an activating group) is 1. The van der Waals surface area contributed by atoms with Crippen molar-refractivity contribution in [3.05, 3.63) is 34.9 Å². The van der Waals surface area contributed by atoms with Crippen LogP contribution in [0.15, 0.2) is 24.3 Å². The molecule has 0 fully saturated rings. The van der Waals surface area contributed by atoms with Gasteiger partial charge in [-0.15, -0.1) is 0 Å². The van der Waals surface area contributed by atoms with E-state index in [1.54, 1.807) is 7.05 Å². The number of carbonyl (C=O) groups is 1. The lowest BCUT2D eigenvalue weighted by molar-refractivity contribution is 0.190. The SMILES string of the molecule is CN(CCO)C(=O)NCCc1ccccc1Cl. The number of hydrogen-bond acceptors (Lipinski definition) is 2. The number of carbonyl (C=O) groups excluding carboxylic acids is 1. The van der Waals surface area contributed by atoms with Gasteiger partial charge in [0.2, 0.25) is 0 Å². The first kappa shape index (κ1) is 13.8. The Labute approximate surface area is 106 Å². The fourth-order valence-corrected chi connectivity index (χ4v) is 1.62. The lowest BCUT2D eigenvalue weighted by atomic mass is 10.1. The number of halogens is 1. The molecular formula is C12H17ClN2O2. The third-order valence-corrected chi connectivity index (χ3v) is 2.78. The van der Waals surface area contributed by atoms with Gasteiger partial charge in [-0.05, 0) is 18.1 Å². The second-order valence-electron chi connectivity index (χ2n) is 3.72. The van der Waals surface area contributed by atoms with Crippen LogP contribution < -0.4 is 5.32 Å². The van der Waals surface area contributed by atoms with Gasteiger partial charge < -0.3 is 15.3 Å². The van der Waals surface area contributed by atoms with Crippen LogP contribution in [-0.4, -0.2) is 42.8 Å². The molecule has 0 heterocycles. The van der Waals surface area contributed by atoms with E-state index < -0.39 is 0 Å². The Hall–Kier alpha value is -1.26. The number of urea groups is 1. The molecule has 1 aromatic rings. The summed E-state index contributed by atoms with van der Waals surface area (Å²) in [7, 11) is 1.64. The van der Waals surface area contributed by atoms with Gasteiger partial charge >= 0.3 is 6.03 Å². The van der Waals surface area contributed by atoms with Crippen LogP contribution in [0.25, 0.3) is 0 Å². The number of nitrogens with zero attached hydrogens (tertiary/aromatic N) is 1. The van der Waals surface area contributed by atoms with E-state index in [0.29, 0.717) is 24.5 Å². The Morgan fingerprint density at radius 2 is 2.18 bits per heavy atom. The molecule has 1 aromatic carbocycles. The number of amides is 2. The standard InChI is InChI=1S/C12H17ClN2O2/c1-15(8-9-16)12(17)14-7-6-10-4-2-3-5-11(10)13/h2-5,16H,6-9H2,1H3,(H,14,17). The fraction of sp³-hybridized carbons (Fsp3) is 0.417. The Morgan fingerprint density at radius 3 is 2.82 bits per heavy atom. The first-order chi connectivity index (χ1) is 8.15. The molecule has 0 saturated carbocycles. The number of nitrogens with one attached hydrogen (secondary N) is 1. The van der Waals surface area contributed by atoms with Crippen molar-refractivity contribution >= 4 is 17.6 Å². The smallest absolute Gasteiger partial charge is 0.317 e. The molecule has 2 amide bonds. The summed E-state index contributed by atoms with van der Waals surface area (Å²) < 4.78 is 0. The fourth-order valence-electron chi connectivity index (χ4n) is 1.39. The summed E-state index contributed by atoms with van der Waals surface area (Å²) in [4.78, 5) is 12.9. The van der Waals surface area contributed by atoms with E-state index >= 15 is 0 Å². The third kappa shape index (κ3) is 4.63. The van der Waals surface area contributed by atoms with Gasteiger partial charge in [0, 0.05) is 25.2 Å². The summed E-state index contributed by atoms with van der Waals surface area (Å²) in [6.45, 7) is 0.824. The molecule has 0 spiro atoms. The van der Waals surface area contributed by atoms with Crippen LogP contribution in [0.5, 0.6) is 0 Å². The minimum absolute atomic E-state index is 0.0333. The molecule has 0 radical (unpaired) electrons. The molecule has 4 nitrogen and oxygen atoms in total. The zero-order valence-electron chi connectivity index (χ0n) is 9.82. The van der Waals surface area contributed by atoms with Crippen molar-refractivity contribution in [3.8, 4) is 0 Å². The number of aliphatic hydroxyl groups excluding tert-OH is 1. The quantitative estimate of drug-likeness (QED) is 0.839. The van der Waals surface area contributed by atoms with Gasteiger partial charge in [0.15, 0.2) is 0 Å². The molecule has 0 aliphatic rings. The normalized spacial score (nSPS) is 10.1. The molecule has 17 heavy (non-hydrogen) atoms. The predicted molar refractivity (Wildman–Crippen MR) is 68.3 cm³/mol. The topological polar surface area (TPSA) is 52.6 Å². The average molecular weight is 257 g/mol. The van der Waals surface area contributed by atoms with Gasteiger partial charge in [0.1, 0.15) is 0 Å². The van der Waals surface area contributed by atoms with Crippen LogP contribution in [-0.2, 0) is 6.42 Å². The maximum atomic E-state index is 11.5. The molecular weight excluding hydrogens is 240 g/mol. The van der Waals surface area contributed by atoms with Gasteiger partial charge in [0.05, 0.1) is 6.61 Å². The lowest BCUT2D eigenvalue weighted by Crippen LogP contribution is -2.39. The third-order valence-electron chi connectivity index (χ3n) is 2.41. The number of benzene rings is 1. The second kappa shape index (κ2) is 7.14. The van der Waals surface area contributed by atoms with Crippen LogP contribution in [0.3, 0.4) is 0 Å². The van der Waals surface area contributed by atoms with Crippen LogP contribution >= 0.6 is 11.6 Å². The molecule has 2 N–H and O–H groups in total. The van der Waals surface area contributed by atoms with Crippen molar-refractivity contribution in [1.82, 2.24) is 10.2 Å². The van der Waals surface area contributed by atoms with Crippen molar-refractivity contribution in [2.24, 2.45) is 0 Å². The minimum Gasteiger partial charge on any atom is -0.395 e. The highest BCUT2D eigenvalue weighted by Gasteiger charge is 2.06. The Bertz CT molecular complexity index is 371. The van der Waals surface area contributed by atoms with Crippen LogP contribution in [0.2, 0.25) is 5.02 Å². The Kier molecular flexibility index (Phi) is 5.80. The summed E-state index contributed by atoms with van der Waals surface area (Å²) in [6, 6.07) is 7.37. The van der Waals surface area contributed by atoms with E-state index in [-0.39, 0.29) is 12.6 Å². The summed E-state index contributed by atoms with van der Waals surface area (Å²) in [5.74, 6) is 0. The van der Waals surface area contributed by atoms with Crippen LogP contribution in [0, 0.1) is 0 Å². The molecule has 94 valence electrons. The van der Waals surface area contributed by atoms with E-state index in [1.165, 1.54) is 4.90 Å². The molecule has 5 heteroatoms. The van der Waals surface area contributed by atoms with Crippen molar-refractivity contribution < 1.29 is 9.90 Å². The molecule has 0 atom stereocenters. The zero-order valence-corrected chi connectivity index (χ0v) is 10.6. The first-order valence-electron chi connectivity index (χ1n) is 5.48. The van der Waals surface area contributed by atoms with E-state index in [4.69, 9.17) is 16.7 Å². The summed E-state index contributed by atoms with van der Waals surface area (Å²) >= 11 is 6.00. The second-order valence-corrected chi connectivity index (χ2v) is 4.13. The first-order valence-corrected chi connectivity index (χ1v) is 5.86. The van der Waals surface area contributed by atoms with Gasteiger partial charge in [-0.25, -0.2) is 4.79 Å². The lowest BCUT2D eigenvalue weighted by Gasteiger charge is -2.16. The maximum absolute atomic E-state index is 11.5. The highest BCUT2D eigenvalue weighted by molar-refractivity contribution is 6.31. The van der Waals surface area contributed by atoms with Crippen LogP contribution in [0.4, 0.5) is 4.79 Å². The van der Waals surface area contributed by atoms with E-state index in [1.807, 2.05) is 24.3 Å². The molecule has 1 rings (SSSR count). The molecule has 0 aliphatic heterocycles. The average Bonchev–Trinajstić information content (AvgIpc) is 2.31. The van der Waals surface area contributed by atoms with E-state index in [2.05, 4.69) is 5.32 Å². The number of rotatable bonds is 5. The van der Waals surface area contributed by atoms with Gasteiger partial charge in [0.25, 0.3) is 0 Å². The van der Waals surface area contributed by atoms with E-state index in [0.717, 1.165) is 5.56 Å². The zero-order chi connectivity index (χ0) is 12.7. The molecule has 0 bridgehead atoms. The summed E-state index contributed by atoms with van der Waals surface area (Å²) in [6.07, 6.45) is 0.693. The van der Waals surface area contributed by atoms with Crippen molar-refractivity contribution in [2.75, 3.05) is 26.7 Å². The van der Waals surface area contributed by atoms with Crippen molar-refractivity contribution in [1.29, 1.82) is 0 Å². The molecule has 0 unspecified atom stereocenters. The number of aliphatic hydroxyl groups is 1. The van der Waals surface area contributed by atoms with E-state index in [9.17, 15) is 4.79 Å². The largest absolute Gasteiger partial charge is 0.395 e. The van der Waals surface area contributed by atoms with Gasteiger partial charge in [-0.3, -0.25) is 0 Å². The van der Waals surface area contributed by atoms with Crippen molar-refractivity contribution in [3.63, 3.8) is 0 Å². The Balaban J connectivity index is 2.33. The van der Waals surface area contributed by atoms with Crippen LogP contribution in [0.1, 0.15) is 5.56 Å². The minimum atomic E-state index is -0.189. The van der Waals surface area contributed by atoms with Gasteiger partial charge in [-0.2, -0.15) is 0 Å². The summed E-state index contributed by atoms with van der Waals surface area (Å²) in [5, 5.41) is 12.2. The number of hydrogen-bond donors (Lipinski definition) is 2. The molecule has 0 aliphatic carbocycles. The predicted octanol–water partition coefficient (Wildman–Crippen LogP) is 1.52. The highest BCUT2D eigenvalue weighted by atomic mass is 35.5. The highest BCUT2D eigenvalue weighted by Crippen LogP contribution is 2.14. The molecule has 0 aromatic heterocycles. The van der Waals surface area contributed by atoms with Gasteiger partial charge in [-0.1, -0.05) is 29.8 Å². The van der Waals surface area contributed by atoms with Crippen molar-refractivity contribution in [2.45, 2.75) is 6.42 Å². The Morgan fingerprint density at radius 1 is 1.47 bits per heavy atom. The summed E-state index contributed by atoms with van der Waals surface area (Å²) in [5.41, 5.74) is 1.01.